The maximum atomic E-state index is 5.76. The van der Waals surface area contributed by atoms with Gasteiger partial charge in [-0.05, 0) is 37.5 Å². The third-order valence-electron chi connectivity index (χ3n) is 2.39. The van der Waals surface area contributed by atoms with Crippen molar-refractivity contribution >= 4 is 15.9 Å². The van der Waals surface area contributed by atoms with E-state index in [0.717, 1.165) is 34.4 Å². The number of nitrogens with two attached hydrogens (primary N) is 1. The first-order chi connectivity index (χ1) is 7.58. The Morgan fingerprint density at radius 1 is 1.31 bits per heavy atom. The van der Waals surface area contributed by atoms with Gasteiger partial charge in [0.15, 0.2) is 11.5 Å². The standard InChI is InChI=1S/C12H18BrNO2/c1-8(14)4-5-9-6-10(13)7-11(15-2)12(9)16-3/h6-8H,4-5,14H2,1-3H3/t8-/m1/s1. The van der Waals surface area contributed by atoms with Gasteiger partial charge in [-0.1, -0.05) is 15.9 Å². The van der Waals surface area contributed by atoms with Crippen molar-refractivity contribution in [2.45, 2.75) is 25.8 Å². The van der Waals surface area contributed by atoms with E-state index in [1.54, 1.807) is 14.2 Å². The van der Waals surface area contributed by atoms with Gasteiger partial charge in [0.2, 0.25) is 0 Å². The number of ether oxygens (including phenoxy) is 2. The number of rotatable bonds is 5. The van der Waals surface area contributed by atoms with Gasteiger partial charge in [-0.3, -0.25) is 0 Å². The van der Waals surface area contributed by atoms with Crippen LogP contribution in [0.3, 0.4) is 0 Å². The van der Waals surface area contributed by atoms with Crippen LogP contribution in [-0.4, -0.2) is 20.3 Å². The average Bonchev–Trinajstić information content (AvgIpc) is 2.25. The molecule has 0 unspecified atom stereocenters. The van der Waals surface area contributed by atoms with Crippen LogP contribution in [-0.2, 0) is 6.42 Å². The minimum absolute atomic E-state index is 0.190. The first-order valence-electron chi connectivity index (χ1n) is 5.24. The van der Waals surface area contributed by atoms with E-state index >= 15 is 0 Å². The fraction of sp³-hybridized carbons (Fsp3) is 0.500. The Kier molecular flexibility index (Phi) is 5.09. The minimum Gasteiger partial charge on any atom is -0.493 e. The van der Waals surface area contributed by atoms with Crippen molar-refractivity contribution in [1.82, 2.24) is 0 Å². The Morgan fingerprint density at radius 3 is 2.50 bits per heavy atom. The molecule has 16 heavy (non-hydrogen) atoms. The van der Waals surface area contributed by atoms with Crippen molar-refractivity contribution in [3.8, 4) is 11.5 Å². The van der Waals surface area contributed by atoms with Gasteiger partial charge in [0.1, 0.15) is 0 Å². The fourth-order valence-electron chi connectivity index (χ4n) is 1.57. The molecule has 0 radical (unpaired) electrons. The summed E-state index contributed by atoms with van der Waals surface area (Å²) in [7, 11) is 3.29. The normalized spacial score (nSPS) is 12.3. The van der Waals surface area contributed by atoms with Crippen LogP contribution in [0.15, 0.2) is 16.6 Å². The number of hydrogen-bond donors (Lipinski definition) is 1. The highest BCUT2D eigenvalue weighted by molar-refractivity contribution is 9.10. The molecule has 0 aliphatic rings. The lowest BCUT2D eigenvalue weighted by molar-refractivity contribution is 0.351. The quantitative estimate of drug-likeness (QED) is 0.906. The van der Waals surface area contributed by atoms with E-state index in [2.05, 4.69) is 15.9 Å². The lowest BCUT2D eigenvalue weighted by Crippen LogP contribution is -2.15. The van der Waals surface area contributed by atoms with Crippen LogP contribution in [0.5, 0.6) is 11.5 Å². The molecule has 0 saturated heterocycles. The molecule has 0 aliphatic heterocycles. The van der Waals surface area contributed by atoms with Gasteiger partial charge in [0.05, 0.1) is 14.2 Å². The van der Waals surface area contributed by atoms with Crippen molar-refractivity contribution < 1.29 is 9.47 Å². The van der Waals surface area contributed by atoms with Gasteiger partial charge in [-0.2, -0.15) is 0 Å². The summed E-state index contributed by atoms with van der Waals surface area (Å²) in [6.45, 7) is 2.00. The second-order valence-corrected chi connectivity index (χ2v) is 4.73. The zero-order chi connectivity index (χ0) is 12.1. The minimum atomic E-state index is 0.190. The molecule has 4 heteroatoms. The van der Waals surface area contributed by atoms with Crippen LogP contribution in [0.4, 0.5) is 0 Å². The van der Waals surface area contributed by atoms with E-state index in [1.165, 1.54) is 0 Å². The summed E-state index contributed by atoms with van der Waals surface area (Å²) in [5.74, 6) is 1.54. The second-order valence-electron chi connectivity index (χ2n) is 3.82. The van der Waals surface area contributed by atoms with E-state index in [9.17, 15) is 0 Å². The Labute approximate surface area is 105 Å². The largest absolute Gasteiger partial charge is 0.493 e. The van der Waals surface area contributed by atoms with Gasteiger partial charge in [0, 0.05) is 10.5 Å². The lowest BCUT2D eigenvalue weighted by atomic mass is 10.1. The summed E-state index contributed by atoms with van der Waals surface area (Å²) < 4.78 is 11.6. The fourth-order valence-corrected chi connectivity index (χ4v) is 2.06. The van der Waals surface area contributed by atoms with Crippen molar-refractivity contribution in [1.29, 1.82) is 0 Å². The summed E-state index contributed by atoms with van der Waals surface area (Å²) in [4.78, 5) is 0. The van der Waals surface area contributed by atoms with Crippen LogP contribution in [0, 0.1) is 0 Å². The SMILES string of the molecule is COc1cc(Br)cc(CC[C@@H](C)N)c1OC. The number of methoxy groups -OCH3 is 2. The van der Waals surface area contributed by atoms with Gasteiger partial charge in [0.25, 0.3) is 0 Å². The molecule has 0 heterocycles. The number of benzene rings is 1. The molecule has 1 aromatic rings. The molecule has 1 rings (SSSR count). The molecule has 1 atom stereocenters. The number of halogens is 1. The highest BCUT2D eigenvalue weighted by atomic mass is 79.9. The third-order valence-corrected chi connectivity index (χ3v) is 2.85. The Hall–Kier alpha value is -0.740. The molecule has 90 valence electrons. The molecule has 0 aliphatic carbocycles. The van der Waals surface area contributed by atoms with Crippen molar-refractivity contribution in [3.05, 3.63) is 22.2 Å². The first-order valence-corrected chi connectivity index (χ1v) is 6.03. The van der Waals surface area contributed by atoms with Gasteiger partial charge in [-0.25, -0.2) is 0 Å². The summed E-state index contributed by atoms with van der Waals surface area (Å²) in [5.41, 5.74) is 6.87. The average molecular weight is 288 g/mol. The predicted molar refractivity (Wildman–Crippen MR) is 69.2 cm³/mol. The smallest absolute Gasteiger partial charge is 0.163 e. The third kappa shape index (κ3) is 3.39. The molecule has 1 aromatic carbocycles. The molecule has 0 saturated carbocycles. The van der Waals surface area contributed by atoms with Crippen molar-refractivity contribution in [2.24, 2.45) is 5.73 Å². The van der Waals surface area contributed by atoms with Crippen molar-refractivity contribution in [3.63, 3.8) is 0 Å². The molecule has 0 bridgehead atoms. The monoisotopic (exact) mass is 287 g/mol. The summed E-state index contributed by atoms with van der Waals surface area (Å²) in [6, 6.07) is 4.13. The van der Waals surface area contributed by atoms with E-state index in [0.29, 0.717) is 0 Å². The zero-order valence-corrected chi connectivity index (χ0v) is 11.5. The van der Waals surface area contributed by atoms with E-state index in [-0.39, 0.29) is 6.04 Å². The van der Waals surface area contributed by atoms with E-state index < -0.39 is 0 Å². The zero-order valence-electron chi connectivity index (χ0n) is 9.92. The Balaban J connectivity index is 3.00. The highest BCUT2D eigenvalue weighted by Crippen LogP contribution is 2.35. The van der Waals surface area contributed by atoms with Crippen LogP contribution >= 0.6 is 15.9 Å². The molecular formula is C12H18BrNO2. The summed E-state index contributed by atoms with van der Waals surface area (Å²) in [5, 5.41) is 0. The van der Waals surface area contributed by atoms with Gasteiger partial charge >= 0.3 is 0 Å². The number of hydrogen-bond acceptors (Lipinski definition) is 3. The molecule has 0 aromatic heterocycles. The van der Waals surface area contributed by atoms with Gasteiger partial charge < -0.3 is 15.2 Å². The molecular weight excluding hydrogens is 270 g/mol. The topological polar surface area (TPSA) is 44.5 Å². The Bertz CT molecular complexity index is 353. The maximum Gasteiger partial charge on any atom is 0.163 e. The maximum absolute atomic E-state index is 5.76. The summed E-state index contributed by atoms with van der Waals surface area (Å²) >= 11 is 3.46. The molecule has 2 N–H and O–H groups in total. The molecule has 3 nitrogen and oxygen atoms in total. The molecule has 0 amide bonds. The highest BCUT2D eigenvalue weighted by Gasteiger charge is 2.11. The van der Waals surface area contributed by atoms with Crippen LogP contribution in [0.1, 0.15) is 18.9 Å². The van der Waals surface area contributed by atoms with Gasteiger partial charge in [-0.15, -0.1) is 0 Å². The number of aryl methyl sites for hydroxylation is 1. The second kappa shape index (κ2) is 6.11. The van der Waals surface area contributed by atoms with Crippen LogP contribution in [0.25, 0.3) is 0 Å². The first kappa shape index (κ1) is 13.3. The van der Waals surface area contributed by atoms with Crippen molar-refractivity contribution in [2.75, 3.05) is 14.2 Å². The Morgan fingerprint density at radius 2 is 2.00 bits per heavy atom. The van der Waals surface area contributed by atoms with Crippen LogP contribution < -0.4 is 15.2 Å². The predicted octanol–water partition coefficient (Wildman–Crippen LogP) is 2.75. The van der Waals surface area contributed by atoms with E-state index in [1.807, 2.05) is 19.1 Å². The summed E-state index contributed by atoms with van der Waals surface area (Å²) in [6.07, 6.45) is 1.81. The lowest BCUT2D eigenvalue weighted by Gasteiger charge is -2.14. The van der Waals surface area contributed by atoms with E-state index in [4.69, 9.17) is 15.2 Å². The molecule has 0 fully saturated rings. The molecule has 0 spiro atoms. The van der Waals surface area contributed by atoms with Crippen LogP contribution in [0.2, 0.25) is 0 Å².